The minimum atomic E-state index is -0.194. The summed E-state index contributed by atoms with van der Waals surface area (Å²) in [6, 6.07) is 6.46. The van der Waals surface area contributed by atoms with Crippen molar-refractivity contribution in [1.82, 2.24) is 14.9 Å². The van der Waals surface area contributed by atoms with Crippen molar-refractivity contribution in [3.05, 3.63) is 63.6 Å². The van der Waals surface area contributed by atoms with Gasteiger partial charge in [-0.15, -0.1) is 0 Å². The maximum atomic E-state index is 12.3. The number of fused-ring (bicyclic) bond motifs is 4. The van der Waals surface area contributed by atoms with Gasteiger partial charge in [-0.3, -0.25) is 4.98 Å². The Kier molecular flexibility index (Phi) is 6.33. The second-order valence-electron chi connectivity index (χ2n) is 9.29. The minimum absolute atomic E-state index is 0.194. The van der Waals surface area contributed by atoms with E-state index < -0.39 is 0 Å². The molecule has 1 atom stereocenters. The number of hydrogen-bond acceptors (Lipinski definition) is 3. The van der Waals surface area contributed by atoms with E-state index in [1.54, 1.807) is 0 Å². The number of rotatable bonds is 4. The molecule has 5 nitrogen and oxygen atoms in total. The lowest BCUT2D eigenvalue weighted by molar-refractivity contribution is 0.0900. The predicted octanol–water partition coefficient (Wildman–Crippen LogP) is 6.27. The van der Waals surface area contributed by atoms with Crippen LogP contribution >= 0.6 is 11.6 Å². The number of carbonyl (C=O) groups excluding carboxylic acids is 1. The van der Waals surface area contributed by atoms with E-state index in [-0.39, 0.29) is 12.0 Å². The van der Waals surface area contributed by atoms with Crippen molar-refractivity contribution in [2.24, 2.45) is 5.92 Å². The molecule has 1 fully saturated rings. The van der Waals surface area contributed by atoms with Gasteiger partial charge in [-0.1, -0.05) is 31.0 Å². The van der Waals surface area contributed by atoms with Crippen LogP contribution in [0.2, 0.25) is 5.02 Å². The highest BCUT2D eigenvalue weighted by Crippen LogP contribution is 2.47. The monoisotopic (exact) mass is 465 g/mol. The van der Waals surface area contributed by atoms with E-state index in [9.17, 15) is 4.79 Å². The zero-order valence-electron chi connectivity index (χ0n) is 19.5. The molecule has 1 N–H and O–H groups in total. The van der Waals surface area contributed by atoms with Crippen LogP contribution in [0.3, 0.4) is 0 Å². The maximum Gasteiger partial charge on any atom is 0.409 e. The molecule has 0 bridgehead atoms. The Morgan fingerprint density at radius 1 is 1.24 bits per heavy atom. The van der Waals surface area contributed by atoms with Crippen molar-refractivity contribution in [2.45, 2.75) is 58.3 Å². The SMILES string of the molecule is CCCc1c[nH]c2c(Cl)cc3c(c12)C(C1CCN(C(=O)OCC)CC1)c1ncccc1CC3. The van der Waals surface area contributed by atoms with Gasteiger partial charge in [0.05, 0.1) is 22.8 Å². The zero-order valence-corrected chi connectivity index (χ0v) is 20.3. The number of H-pyrrole nitrogens is 1. The Labute approximate surface area is 200 Å². The summed E-state index contributed by atoms with van der Waals surface area (Å²) in [5, 5.41) is 2.11. The molecular formula is C27H32ClN3O2. The van der Waals surface area contributed by atoms with Crippen LogP contribution in [0.4, 0.5) is 4.79 Å². The number of ether oxygens (including phenoxy) is 1. The number of aromatic nitrogens is 2. The molecule has 0 radical (unpaired) electrons. The molecule has 2 aromatic heterocycles. The molecule has 2 aliphatic rings. The quantitative estimate of drug-likeness (QED) is 0.494. The van der Waals surface area contributed by atoms with E-state index in [0.29, 0.717) is 12.5 Å². The van der Waals surface area contributed by atoms with E-state index in [1.165, 1.54) is 33.3 Å². The van der Waals surface area contributed by atoms with Gasteiger partial charge in [-0.05, 0) is 79.3 Å². The van der Waals surface area contributed by atoms with Crippen LogP contribution in [0, 0.1) is 5.92 Å². The van der Waals surface area contributed by atoms with E-state index in [0.717, 1.165) is 62.2 Å². The molecule has 6 heteroatoms. The number of halogens is 1. The first kappa shape index (κ1) is 22.3. The molecule has 1 amide bonds. The Morgan fingerprint density at radius 2 is 2.03 bits per heavy atom. The van der Waals surface area contributed by atoms with Crippen molar-refractivity contribution in [2.75, 3.05) is 19.7 Å². The zero-order chi connectivity index (χ0) is 22.9. The van der Waals surface area contributed by atoms with Crippen LogP contribution in [0.5, 0.6) is 0 Å². The average molecular weight is 466 g/mol. The third-order valence-electron chi connectivity index (χ3n) is 7.37. The molecule has 0 saturated carbocycles. The molecule has 3 aromatic rings. The number of aromatic amines is 1. The molecule has 174 valence electrons. The molecule has 1 aliphatic carbocycles. The van der Waals surface area contributed by atoms with Gasteiger partial charge in [0.15, 0.2) is 0 Å². The molecule has 0 spiro atoms. The number of piperidine rings is 1. The summed E-state index contributed by atoms with van der Waals surface area (Å²) in [5.41, 5.74) is 7.69. The van der Waals surface area contributed by atoms with Gasteiger partial charge >= 0.3 is 6.09 Å². The smallest absolute Gasteiger partial charge is 0.409 e. The number of aryl methyl sites for hydroxylation is 3. The summed E-state index contributed by atoms with van der Waals surface area (Å²) in [7, 11) is 0. The predicted molar refractivity (Wildman–Crippen MR) is 132 cm³/mol. The Morgan fingerprint density at radius 3 is 2.79 bits per heavy atom. The number of nitrogens with one attached hydrogen (secondary N) is 1. The lowest BCUT2D eigenvalue weighted by Gasteiger charge is -2.36. The fourth-order valence-corrected chi connectivity index (χ4v) is 6.17. The van der Waals surface area contributed by atoms with Crippen LogP contribution < -0.4 is 0 Å². The van der Waals surface area contributed by atoms with Gasteiger partial charge < -0.3 is 14.6 Å². The second kappa shape index (κ2) is 9.38. The van der Waals surface area contributed by atoms with Crippen LogP contribution in [0.1, 0.15) is 67.0 Å². The van der Waals surface area contributed by atoms with Gasteiger partial charge in [0, 0.05) is 36.8 Å². The number of pyridine rings is 1. The normalized spacial score (nSPS) is 18.6. The van der Waals surface area contributed by atoms with E-state index in [1.807, 2.05) is 18.0 Å². The molecule has 1 unspecified atom stereocenters. The largest absolute Gasteiger partial charge is 0.450 e. The third-order valence-corrected chi connectivity index (χ3v) is 7.67. The number of nitrogens with zero attached hydrogens (tertiary/aromatic N) is 2. The first-order chi connectivity index (χ1) is 16.1. The number of benzene rings is 1. The fourth-order valence-electron chi connectivity index (χ4n) is 5.89. The highest BCUT2D eigenvalue weighted by molar-refractivity contribution is 6.35. The molecule has 33 heavy (non-hydrogen) atoms. The summed E-state index contributed by atoms with van der Waals surface area (Å²) in [6.07, 6.45) is 9.82. The second-order valence-corrected chi connectivity index (χ2v) is 9.70. The Bertz CT molecular complexity index is 1160. The standard InChI is InChI=1S/C27H32ClN3O2/c1-3-6-20-16-30-26-21(28)15-19-9-8-18-7-5-12-29-25(18)23(22(19)24(20)26)17-10-13-31(14-11-17)27(32)33-4-2/h5,7,12,15-17,23,30H,3-4,6,8-11,13-14H2,1-2H3. The van der Waals surface area contributed by atoms with Gasteiger partial charge in [0.2, 0.25) is 0 Å². The third kappa shape index (κ3) is 4.01. The first-order valence-electron chi connectivity index (χ1n) is 12.3. The van der Waals surface area contributed by atoms with Gasteiger partial charge in [0.25, 0.3) is 0 Å². The molecule has 1 aromatic carbocycles. The fraction of sp³-hybridized carbons (Fsp3) is 0.481. The number of amides is 1. The van der Waals surface area contributed by atoms with Gasteiger partial charge in [0.1, 0.15) is 0 Å². The van der Waals surface area contributed by atoms with Crippen molar-refractivity contribution < 1.29 is 9.53 Å². The van der Waals surface area contributed by atoms with Gasteiger partial charge in [-0.25, -0.2) is 4.79 Å². The van der Waals surface area contributed by atoms with Crippen molar-refractivity contribution in [1.29, 1.82) is 0 Å². The number of likely N-dealkylation sites (tertiary alicyclic amines) is 1. The highest BCUT2D eigenvalue weighted by atomic mass is 35.5. The van der Waals surface area contributed by atoms with Crippen LogP contribution in [0.15, 0.2) is 30.6 Å². The Balaban J connectivity index is 1.63. The summed E-state index contributed by atoms with van der Waals surface area (Å²) >= 11 is 6.78. The number of carbonyl (C=O) groups is 1. The molecule has 5 rings (SSSR count). The van der Waals surface area contributed by atoms with E-state index in [4.69, 9.17) is 21.3 Å². The summed E-state index contributed by atoms with van der Waals surface area (Å²) in [5.74, 6) is 0.615. The molecular weight excluding hydrogens is 434 g/mol. The number of hydrogen-bond donors (Lipinski definition) is 1. The minimum Gasteiger partial charge on any atom is -0.450 e. The van der Waals surface area contributed by atoms with Crippen molar-refractivity contribution in [3.8, 4) is 0 Å². The van der Waals surface area contributed by atoms with Crippen LogP contribution in [-0.4, -0.2) is 40.7 Å². The highest BCUT2D eigenvalue weighted by Gasteiger charge is 2.37. The summed E-state index contributed by atoms with van der Waals surface area (Å²) < 4.78 is 5.25. The van der Waals surface area contributed by atoms with Crippen LogP contribution in [0.25, 0.3) is 10.9 Å². The van der Waals surface area contributed by atoms with E-state index >= 15 is 0 Å². The van der Waals surface area contributed by atoms with E-state index in [2.05, 4.69) is 36.3 Å². The van der Waals surface area contributed by atoms with Gasteiger partial charge in [-0.2, -0.15) is 0 Å². The molecule has 1 saturated heterocycles. The average Bonchev–Trinajstić information content (AvgIpc) is 3.18. The van der Waals surface area contributed by atoms with Crippen LogP contribution in [-0.2, 0) is 24.0 Å². The maximum absolute atomic E-state index is 12.3. The Hall–Kier alpha value is -2.53. The first-order valence-corrected chi connectivity index (χ1v) is 12.7. The molecule has 3 heterocycles. The summed E-state index contributed by atoms with van der Waals surface area (Å²) in [6.45, 7) is 5.95. The lowest BCUT2D eigenvalue weighted by atomic mass is 9.75. The summed E-state index contributed by atoms with van der Waals surface area (Å²) in [4.78, 5) is 22.6. The lowest BCUT2D eigenvalue weighted by Crippen LogP contribution is -2.40. The van der Waals surface area contributed by atoms with Crippen molar-refractivity contribution >= 4 is 28.6 Å². The van der Waals surface area contributed by atoms with Crippen molar-refractivity contribution in [3.63, 3.8) is 0 Å². The topological polar surface area (TPSA) is 58.2 Å². The molecule has 1 aliphatic heterocycles.